The SMILES string of the molecule is CCc1cccc(NCc2sccc2NC(C)=O)c1. The molecule has 1 amide bonds. The van der Waals surface area contributed by atoms with Crippen LogP contribution in [0.2, 0.25) is 0 Å². The van der Waals surface area contributed by atoms with Gasteiger partial charge in [0.15, 0.2) is 0 Å². The Morgan fingerprint density at radius 2 is 2.16 bits per heavy atom. The molecule has 2 N–H and O–H groups in total. The maximum Gasteiger partial charge on any atom is 0.221 e. The summed E-state index contributed by atoms with van der Waals surface area (Å²) in [6, 6.07) is 10.3. The molecule has 0 spiro atoms. The van der Waals surface area contributed by atoms with E-state index in [1.54, 1.807) is 11.3 Å². The minimum atomic E-state index is -0.0346. The highest BCUT2D eigenvalue weighted by molar-refractivity contribution is 7.10. The van der Waals surface area contributed by atoms with Gasteiger partial charge >= 0.3 is 0 Å². The van der Waals surface area contributed by atoms with Crippen molar-refractivity contribution in [2.75, 3.05) is 10.6 Å². The van der Waals surface area contributed by atoms with Crippen LogP contribution in [0.5, 0.6) is 0 Å². The number of hydrogen-bond acceptors (Lipinski definition) is 3. The van der Waals surface area contributed by atoms with Gasteiger partial charge in [0.25, 0.3) is 0 Å². The van der Waals surface area contributed by atoms with E-state index in [-0.39, 0.29) is 5.91 Å². The number of amides is 1. The van der Waals surface area contributed by atoms with Crippen molar-refractivity contribution >= 4 is 28.6 Å². The number of nitrogens with one attached hydrogen (secondary N) is 2. The van der Waals surface area contributed by atoms with E-state index in [0.717, 1.165) is 29.2 Å². The number of rotatable bonds is 5. The predicted molar refractivity (Wildman–Crippen MR) is 81.8 cm³/mol. The standard InChI is InChI=1S/C15H18N2OS/c1-3-12-5-4-6-13(9-12)16-10-15-14(7-8-19-15)17-11(2)18/h4-9,16H,3,10H2,1-2H3,(H,17,18). The van der Waals surface area contributed by atoms with Gasteiger partial charge in [-0.3, -0.25) is 4.79 Å². The van der Waals surface area contributed by atoms with Gasteiger partial charge in [-0.2, -0.15) is 0 Å². The number of hydrogen-bond donors (Lipinski definition) is 2. The van der Waals surface area contributed by atoms with E-state index in [4.69, 9.17) is 0 Å². The van der Waals surface area contributed by atoms with Gasteiger partial charge in [0.1, 0.15) is 0 Å². The molecule has 0 aliphatic carbocycles. The smallest absolute Gasteiger partial charge is 0.221 e. The van der Waals surface area contributed by atoms with E-state index in [9.17, 15) is 4.79 Å². The third-order valence-electron chi connectivity index (χ3n) is 2.84. The molecule has 3 nitrogen and oxygen atoms in total. The molecule has 1 aromatic heterocycles. The van der Waals surface area contributed by atoms with E-state index in [1.807, 2.05) is 11.4 Å². The van der Waals surface area contributed by atoms with Crippen LogP contribution >= 0.6 is 11.3 Å². The van der Waals surface area contributed by atoms with E-state index < -0.39 is 0 Å². The molecule has 0 saturated heterocycles. The molecule has 100 valence electrons. The summed E-state index contributed by atoms with van der Waals surface area (Å²) in [5.41, 5.74) is 3.33. The fourth-order valence-electron chi connectivity index (χ4n) is 1.86. The molecule has 2 aromatic rings. The Labute approximate surface area is 117 Å². The van der Waals surface area contributed by atoms with Crippen molar-refractivity contribution in [1.29, 1.82) is 0 Å². The summed E-state index contributed by atoms with van der Waals surface area (Å²) < 4.78 is 0. The second kappa shape index (κ2) is 6.38. The van der Waals surface area contributed by atoms with Crippen molar-refractivity contribution in [3.8, 4) is 0 Å². The summed E-state index contributed by atoms with van der Waals surface area (Å²) in [5.74, 6) is -0.0346. The summed E-state index contributed by atoms with van der Waals surface area (Å²) in [4.78, 5) is 12.2. The largest absolute Gasteiger partial charge is 0.380 e. The number of carbonyl (C=O) groups excluding carboxylic acids is 1. The van der Waals surface area contributed by atoms with E-state index in [2.05, 4.69) is 41.8 Å². The zero-order valence-electron chi connectivity index (χ0n) is 11.2. The third-order valence-corrected chi connectivity index (χ3v) is 3.77. The van der Waals surface area contributed by atoms with Crippen LogP contribution in [0, 0.1) is 0 Å². The van der Waals surface area contributed by atoms with Crippen molar-refractivity contribution in [1.82, 2.24) is 0 Å². The number of anilines is 2. The van der Waals surface area contributed by atoms with Crippen molar-refractivity contribution in [2.45, 2.75) is 26.8 Å². The second-order valence-corrected chi connectivity index (χ2v) is 5.35. The molecule has 1 heterocycles. The Bertz CT molecular complexity index is 563. The molecule has 0 bridgehead atoms. The zero-order chi connectivity index (χ0) is 13.7. The van der Waals surface area contributed by atoms with Crippen molar-refractivity contribution in [3.63, 3.8) is 0 Å². The minimum absolute atomic E-state index is 0.0346. The highest BCUT2D eigenvalue weighted by Crippen LogP contribution is 2.23. The Hall–Kier alpha value is -1.81. The highest BCUT2D eigenvalue weighted by atomic mass is 32.1. The maximum atomic E-state index is 11.1. The van der Waals surface area contributed by atoms with Crippen molar-refractivity contribution in [2.24, 2.45) is 0 Å². The first kappa shape index (κ1) is 13.6. The monoisotopic (exact) mass is 274 g/mol. The summed E-state index contributed by atoms with van der Waals surface area (Å²) in [6.45, 7) is 4.40. The fourth-order valence-corrected chi connectivity index (χ4v) is 2.63. The van der Waals surface area contributed by atoms with Crippen LogP contribution in [0.4, 0.5) is 11.4 Å². The van der Waals surface area contributed by atoms with Gasteiger partial charge in [-0.15, -0.1) is 11.3 Å². The molecule has 1 aromatic carbocycles. The van der Waals surface area contributed by atoms with E-state index in [1.165, 1.54) is 12.5 Å². The summed E-state index contributed by atoms with van der Waals surface area (Å²) in [6.07, 6.45) is 1.03. The first-order chi connectivity index (χ1) is 9.19. The molecule has 4 heteroatoms. The predicted octanol–water partition coefficient (Wildman–Crippen LogP) is 3.88. The van der Waals surface area contributed by atoms with Crippen LogP contribution in [0.1, 0.15) is 24.3 Å². The Kier molecular flexibility index (Phi) is 4.58. The van der Waals surface area contributed by atoms with Crippen molar-refractivity contribution < 1.29 is 4.79 Å². The number of carbonyl (C=O) groups is 1. The molecular weight excluding hydrogens is 256 g/mol. The molecule has 0 radical (unpaired) electrons. The first-order valence-corrected chi connectivity index (χ1v) is 7.23. The van der Waals surface area contributed by atoms with Crippen LogP contribution in [0.15, 0.2) is 35.7 Å². The molecule has 0 atom stereocenters. The minimum Gasteiger partial charge on any atom is -0.380 e. The number of thiophene rings is 1. The molecule has 0 fully saturated rings. The van der Waals surface area contributed by atoms with Gasteiger partial charge in [-0.1, -0.05) is 19.1 Å². The van der Waals surface area contributed by atoms with Crippen LogP contribution in [-0.2, 0) is 17.8 Å². The lowest BCUT2D eigenvalue weighted by Gasteiger charge is -2.08. The summed E-state index contributed by atoms with van der Waals surface area (Å²) in [7, 11) is 0. The van der Waals surface area contributed by atoms with Crippen LogP contribution in [0.3, 0.4) is 0 Å². The second-order valence-electron chi connectivity index (χ2n) is 4.35. The van der Waals surface area contributed by atoms with E-state index >= 15 is 0 Å². The van der Waals surface area contributed by atoms with Crippen molar-refractivity contribution in [3.05, 3.63) is 46.2 Å². The summed E-state index contributed by atoms with van der Waals surface area (Å²) in [5, 5.41) is 8.23. The van der Waals surface area contributed by atoms with Gasteiger partial charge in [-0.05, 0) is 35.6 Å². The molecule has 2 rings (SSSR count). The van der Waals surface area contributed by atoms with Gasteiger partial charge in [-0.25, -0.2) is 0 Å². The van der Waals surface area contributed by atoms with Gasteiger partial charge in [0.2, 0.25) is 5.91 Å². The molecule has 0 aliphatic rings. The van der Waals surface area contributed by atoms with Crippen LogP contribution < -0.4 is 10.6 Å². The lowest BCUT2D eigenvalue weighted by Crippen LogP contribution is -2.08. The third kappa shape index (κ3) is 3.83. The van der Waals surface area contributed by atoms with Gasteiger partial charge < -0.3 is 10.6 Å². The topological polar surface area (TPSA) is 41.1 Å². The first-order valence-electron chi connectivity index (χ1n) is 6.36. The van der Waals surface area contributed by atoms with Crippen LogP contribution in [0.25, 0.3) is 0 Å². The normalized spacial score (nSPS) is 10.2. The van der Waals surface area contributed by atoms with Crippen LogP contribution in [-0.4, -0.2) is 5.91 Å². The maximum absolute atomic E-state index is 11.1. The van der Waals surface area contributed by atoms with E-state index in [0.29, 0.717) is 0 Å². The van der Waals surface area contributed by atoms with Gasteiger partial charge in [0, 0.05) is 17.5 Å². The Morgan fingerprint density at radius 1 is 1.32 bits per heavy atom. The van der Waals surface area contributed by atoms with Gasteiger partial charge in [0.05, 0.1) is 12.2 Å². The lowest BCUT2D eigenvalue weighted by atomic mass is 10.1. The average Bonchev–Trinajstić information content (AvgIpc) is 2.83. The molecule has 0 saturated carbocycles. The highest BCUT2D eigenvalue weighted by Gasteiger charge is 2.05. The fraction of sp³-hybridized carbons (Fsp3) is 0.267. The molecular formula is C15H18N2OS. The Morgan fingerprint density at radius 3 is 2.89 bits per heavy atom. The zero-order valence-corrected chi connectivity index (χ0v) is 12.0. The molecule has 0 aliphatic heterocycles. The Balaban J connectivity index is 2.02. The molecule has 0 unspecified atom stereocenters. The number of benzene rings is 1. The lowest BCUT2D eigenvalue weighted by molar-refractivity contribution is -0.114. The number of aryl methyl sites for hydroxylation is 1. The average molecular weight is 274 g/mol. The summed E-state index contributed by atoms with van der Waals surface area (Å²) >= 11 is 1.64. The quantitative estimate of drug-likeness (QED) is 0.868. The molecule has 19 heavy (non-hydrogen) atoms.